The number of likely N-dealkylation sites (tertiary alicyclic amines) is 1. The second kappa shape index (κ2) is 9.06. The number of ether oxygens (including phenoxy) is 1. The molecule has 4 rings (SSSR count). The predicted molar refractivity (Wildman–Crippen MR) is 133 cm³/mol. The predicted octanol–water partition coefficient (Wildman–Crippen LogP) is 5.38. The number of aliphatic hydroxyl groups is 1. The number of pyridine rings is 1. The van der Waals surface area contributed by atoms with Crippen LogP contribution in [0.15, 0.2) is 59.7 Å². The fourth-order valence-corrected chi connectivity index (χ4v) is 5.22. The van der Waals surface area contributed by atoms with Crippen LogP contribution in [0.2, 0.25) is 0 Å². The molecule has 1 aromatic carbocycles. The van der Waals surface area contributed by atoms with E-state index in [1.165, 1.54) is 23.3 Å². The van der Waals surface area contributed by atoms with Crippen molar-refractivity contribution in [2.75, 3.05) is 7.11 Å². The van der Waals surface area contributed by atoms with Crippen LogP contribution in [-0.4, -0.2) is 33.8 Å². The third-order valence-corrected chi connectivity index (χ3v) is 7.16. The highest BCUT2D eigenvalue weighted by Gasteiger charge is 2.47. The molecule has 1 aliphatic rings. The van der Waals surface area contributed by atoms with Gasteiger partial charge in [0.2, 0.25) is 0 Å². The zero-order valence-corrected chi connectivity index (χ0v) is 20.8. The molecular weight excluding hydrogens is 448 g/mol. The Bertz CT molecular complexity index is 1270. The number of ketones is 1. The van der Waals surface area contributed by atoms with Gasteiger partial charge in [-0.25, -0.2) is 0 Å². The number of benzene rings is 1. The largest absolute Gasteiger partial charge is 0.507 e. The number of rotatable bonds is 5. The Balaban J connectivity index is 1.92. The minimum Gasteiger partial charge on any atom is -0.507 e. The number of amides is 1. The van der Waals surface area contributed by atoms with Crippen LogP contribution < -0.4 is 4.74 Å². The SMILES string of the molecule is COc1ccc(C(C)(C)C)cc1/C(O)=C1\C(=O)C(=O)N(Cc2cccnc2)C1c1sccc1C. The highest BCUT2D eigenvalue weighted by atomic mass is 32.1. The molecule has 0 spiro atoms. The van der Waals surface area contributed by atoms with Crippen molar-refractivity contribution >= 4 is 28.8 Å². The number of carbonyl (C=O) groups excluding carboxylic acids is 2. The number of Topliss-reactive ketones (excluding diaryl/α,β-unsaturated/α-hetero) is 1. The lowest BCUT2D eigenvalue weighted by molar-refractivity contribution is -0.140. The maximum atomic E-state index is 13.4. The molecule has 1 amide bonds. The van der Waals surface area contributed by atoms with Gasteiger partial charge in [-0.15, -0.1) is 11.3 Å². The van der Waals surface area contributed by atoms with Gasteiger partial charge < -0.3 is 14.7 Å². The molecule has 1 fully saturated rings. The lowest BCUT2D eigenvalue weighted by Crippen LogP contribution is -2.29. The Morgan fingerprint density at radius 3 is 2.56 bits per heavy atom. The Morgan fingerprint density at radius 2 is 1.97 bits per heavy atom. The monoisotopic (exact) mass is 476 g/mol. The molecule has 1 atom stereocenters. The lowest BCUT2D eigenvalue weighted by atomic mass is 9.85. The van der Waals surface area contributed by atoms with Crippen LogP contribution in [0.1, 0.15) is 53.9 Å². The normalized spacial score (nSPS) is 17.9. The van der Waals surface area contributed by atoms with E-state index in [9.17, 15) is 14.7 Å². The molecule has 176 valence electrons. The molecule has 3 heterocycles. The summed E-state index contributed by atoms with van der Waals surface area (Å²) in [5.74, 6) is -1.14. The maximum absolute atomic E-state index is 13.4. The number of nitrogens with zero attached hydrogens (tertiary/aromatic N) is 2. The van der Waals surface area contributed by atoms with Crippen molar-refractivity contribution < 1.29 is 19.4 Å². The van der Waals surface area contributed by atoms with Gasteiger partial charge in [0.05, 0.1) is 18.2 Å². The van der Waals surface area contributed by atoms with Crippen LogP contribution in [0.4, 0.5) is 0 Å². The molecule has 7 heteroatoms. The average molecular weight is 477 g/mol. The summed E-state index contributed by atoms with van der Waals surface area (Å²) in [6.07, 6.45) is 3.33. The molecule has 1 N–H and O–H groups in total. The number of carbonyl (C=O) groups is 2. The van der Waals surface area contributed by atoms with Crippen molar-refractivity contribution in [1.82, 2.24) is 9.88 Å². The number of hydrogen-bond donors (Lipinski definition) is 1. The molecule has 1 aliphatic heterocycles. The Hall–Kier alpha value is -3.45. The minimum atomic E-state index is -0.706. The first-order valence-corrected chi connectivity index (χ1v) is 11.9. The van der Waals surface area contributed by atoms with E-state index in [2.05, 4.69) is 25.8 Å². The summed E-state index contributed by atoms with van der Waals surface area (Å²) in [5.41, 5.74) is 3.02. The average Bonchev–Trinajstić information content (AvgIpc) is 3.34. The zero-order chi connectivity index (χ0) is 24.6. The van der Waals surface area contributed by atoms with Gasteiger partial charge >= 0.3 is 0 Å². The van der Waals surface area contributed by atoms with E-state index in [1.807, 2.05) is 36.6 Å². The van der Waals surface area contributed by atoms with Crippen molar-refractivity contribution in [3.8, 4) is 5.75 Å². The van der Waals surface area contributed by atoms with Crippen molar-refractivity contribution in [3.63, 3.8) is 0 Å². The van der Waals surface area contributed by atoms with E-state index in [0.717, 1.165) is 21.6 Å². The smallest absolute Gasteiger partial charge is 0.295 e. The van der Waals surface area contributed by atoms with Crippen LogP contribution >= 0.6 is 11.3 Å². The van der Waals surface area contributed by atoms with E-state index in [1.54, 1.807) is 24.5 Å². The standard InChI is InChI=1S/C27H28N2O4S/c1-16-10-12-34-25(16)22-21(24(31)26(32)29(22)15-17-7-6-11-28-14-17)23(30)19-13-18(27(2,3)4)8-9-20(19)33-5/h6-14,22,30H,15H2,1-5H3/b23-21+. The van der Waals surface area contributed by atoms with Crippen LogP contribution in [0.25, 0.3) is 5.76 Å². The summed E-state index contributed by atoms with van der Waals surface area (Å²) in [7, 11) is 1.52. The molecule has 1 saturated heterocycles. The van der Waals surface area contributed by atoms with Crippen molar-refractivity contribution in [3.05, 3.63) is 86.9 Å². The molecule has 0 radical (unpaired) electrons. The van der Waals surface area contributed by atoms with Crippen molar-refractivity contribution in [1.29, 1.82) is 0 Å². The fraction of sp³-hybridized carbons (Fsp3) is 0.296. The van der Waals surface area contributed by atoms with Crippen LogP contribution in [0.5, 0.6) is 5.75 Å². The van der Waals surface area contributed by atoms with E-state index in [-0.39, 0.29) is 23.3 Å². The number of aliphatic hydroxyl groups excluding tert-OH is 1. The van der Waals surface area contributed by atoms with E-state index >= 15 is 0 Å². The topological polar surface area (TPSA) is 79.7 Å². The van der Waals surface area contributed by atoms with Gasteiger partial charge in [0.25, 0.3) is 11.7 Å². The lowest BCUT2D eigenvalue weighted by Gasteiger charge is -2.25. The second-order valence-electron chi connectivity index (χ2n) is 9.42. The first-order valence-electron chi connectivity index (χ1n) is 11.0. The molecule has 0 bridgehead atoms. The Labute approximate surface area is 203 Å². The van der Waals surface area contributed by atoms with Gasteiger partial charge in [0.1, 0.15) is 17.6 Å². The first kappa shape index (κ1) is 23.7. The number of thiophene rings is 1. The highest BCUT2D eigenvalue weighted by Crippen LogP contribution is 2.44. The van der Waals surface area contributed by atoms with Crippen molar-refractivity contribution in [2.45, 2.75) is 45.7 Å². The number of aromatic nitrogens is 1. The molecule has 34 heavy (non-hydrogen) atoms. The van der Waals surface area contributed by atoms with E-state index < -0.39 is 17.7 Å². The second-order valence-corrected chi connectivity index (χ2v) is 10.4. The minimum absolute atomic E-state index is 0.0730. The first-order chi connectivity index (χ1) is 16.1. The summed E-state index contributed by atoms with van der Waals surface area (Å²) in [6, 6.07) is 10.5. The van der Waals surface area contributed by atoms with Crippen LogP contribution in [0, 0.1) is 6.92 Å². The van der Waals surface area contributed by atoms with Gasteiger partial charge in [-0.1, -0.05) is 32.9 Å². The third kappa shape index (κ3) is 4.23. The maximum Gasteiger partial charge on any atom is 0.295 e. The molecule has 6 nitrogen and oxygen atoms in total. The highest BCUT2D eigenvalue weighted by molar-refractivity contribution is 7.10. The summed E-state index contributed by atoms with van der Waals surface area (Å²) < 4.78 is 5.52. The third-order valence-electron chi connectivity index (χ3n) is 6.09. The van der Waals surface area contributed by atoms with Gasteiger partial charge in [0, 0.05) is 23.8 Å². The summed E-state index contributed by atoms with van der Waals surface area (Å²) >= 11 is 1.46. The van der Waals surface area contributed by atoms with Gasteiger partial charge in [0.15, 0.2) is 0 Å². The van der Waals surface area contributed by atoms with Gasteiger partial charge in [-0.3, -0.25) is 14.6 Å². The summed E-state index contributed by atoms with van der Waals surface area (Å²) in [4.78, 5) is 33.1. The molecular formula is C27H28N2O4S. The molecule has 1 unspecified atom stereocenters. The van der Waals surface area contributed by atoms with E-state index in [4.69, 9.17) is 4.74 Å². The molecule has 0 saturated carbocycles. The van der Waals surface area contributed by atoms with Crippen LogP contribution in [0.3, 0.4) is 0 Å². The summed E-state index contributed by atoms with van der Waals surface area (Å²) in [5, 5.41) is 13.5. The molecule has 3 aromatic rings. The fourth-order valence-electron chi connectivity index (χ4n) is 4.17. The Kier molecular flexibility index (Phi) is 6.32. The van der Waals surface area contributed by atoms with Gasteiger partial charge in [-0.05, 0) is 58.7 Å². The Morgan fingerprint density at radius 1 is 1.21 bits per heavy atom. The number of methoxy groups -OCH3 is 1. The number of hydrogen-bond acceptors (Lipinski definition) is 6. The molecule has 2 aromatic heterocycles. The quantitative estimate of drug-likeness (QED) is 0.304. The molecule has 0 aliphatic carbocycles. The van der Waals surface area contributed by atoms with Gasteiger partial charge in [-0.2, -0.15) is 0 Å². The number of aryl methyl sites for hydroxylation is 1. The van der Waals surface area contributed by atoms with E-state index in [0.29, 0.717) is 11.3 Å². The summed E-state index contributed by atoms with van der Waals surface area (Å²) in [6.45, 7) is 8.36. The van der Waals surface area contributed by atoms with Crippen LogP contribution in [-0.2, 0) is 21.5 Å². The van der Waals surface area contributed by atoms with Crippen molar-refractivity contribution in [2.24, 2.45) is 0 Å². The zero-order valence-electron chi connectivity index (χ0n) is 20.0.